The number of carbonyl (C=O) groups excluding carboxylic acids is 1. The summed E-state index contributed by atoms with van der Waals surface area (Å²) < 4.78 is 33.9. The van der Waals surface area contributed by atoms with E-state index in [4.69, 9.17) is 4.74 Å². The molecule has 120 valence electrons. The summed E-state index contributed by atoms with van der Waals surface area (Å²) in [6.07, 6.45) is 0. The van der Waals surface area contributed by atoms with Crippen LogP contribution in [0.5, 0.6) is 5.75 Å². The Bertz CT molecular complexity index is 810. The van der Waals surface area contributed by atoms with Gasteiger partial charge in [0.2, 0.25) is 0 Å². The molecule has 0 spiro atoms. The molecular weight excluding hydrogens is 319 g/mol. The molecule has 3 rings (SSSR count). The maximum atomic E-state index is 13.3. The second-order valence-electron chi connectivity index (χ2n) is 5.21. The number of hydrogen-bond donors (Lipinski definition) is 1. The Balaban J connectivity index is 1.85. The highest BCUT2D eigenvalue weighted by atomic mass is 32.2. The largest absolute Gasteiger partial charge is 0.482 e. The molecule has 0 saturated heterocycles. The first-order valence-corrected chi connectivity index (χ1v) is 8.08. The van der Waals surface area contributed by atoms with Crippen molar-refractivity contribution in [2.24, 2.45) is 0 Å². The van der Waals surface area contributed by atoms with E-state index in [0.29, 0.717) is 27.6 Å². The van der Waals surface area contributed by atoms with Gasteiger partial charge in [-0.1, -0.05) is 0 Å². The third-order valence-electron chi connectivity index (χ3n) is 3.60. The van der Waals surface area contributed by atoms with Crippen LogP contribution in [0.2, 0.25) is 0 Å². The van der Waals surface area contributed by atoms with Crippen molar-refractivity contribution in [2.45, 2.75) is 11.8 Å². The van der Waals surface area contributed by atoms with Crippen LogP contribution in [0.1, 0.15) is 5.56 Å². The van der Waals surface area contributed by atoms with E-state index in [0.717, 1.165) is 0 Å². The van der Waals surface area contributed by atoms with Crippen molar-refractivity contribution < 1.29 is 18.1 Å². The molecule has 0 bridgehead atoms. The number of nitrogens with one attached hydrogen (secondary N) is 1. The van der Waals surface area contributed by atoms with Gasteiger partial charge in [0.1, 0.15) is 22.6 Å². The summed E-state index contributed by atoms with van der Waals surface area (Å²) in [4.78, 5) is 13.6. The summed E-state index contributed by atoms with van der Waals surface area (Å²) in [5.41, 5.74) is 1.60. The monoisotopic (exact) mass is 334 g/mol. The zero-order valence-electron chi connectivity index (χ0n) is 12.6. The molecule has 1 aliphatic rings. The molecule has 0 radical (unpaired) electrons. The Hall–Kier alpha value is -2.41. The number of benzene rings is 2. The first kappa shape index (κ1) is 15.5. The maximum Gasteiger partial charge on any atom is 0.264 e. The Morgan fingerprint density at radius 2 is 2.04 bits per heavy atom. The lowest BCUT2D eigenvalue weighted by atomic mass is 10.2. The second kappa shape index (κ2) is 6.00. The van der Waals surface area contributed by atoms with Crippen molar-refractivity contribution >= 4 is 28.3 Å². The summed E-state index contributed by atoms with van der Waals surface area (Å²) in [7, 11) is 0.107. The van der Waals surface area contributed by atoms with Crippen molar-refractivity contribution in [1.82, 2.24) is 0 Å². The summed E-state index contributed by atoms with van der Waals surface area (Å²) >= 11 is 0. The van der Waals surface area contributed by atoms with Crippen LogP contribution in [0.3, 0.4) is 0 Å². The number of hydrogen-bond acceptors (Lipinski definition) is 3. The van der Waals surface area contributed by atoms with Gasteiger partial charge in [0.25, 0.3) is 5.91 Å². The van der Waals surface area contributed by atoms with Crippen LogP contribution in [0, 0.1) is 12.7 Å². The van der Waals surface area contributed by atoms with Crippen LogP contribution in [0.15, 0.2) is 41.3 Å². The number of anilines is 2. The molecule has 0 saturated carbocycles. The van der Waals surface area contributed by atoms with Crippen molar-refractivity contribution in [3.8, 4) is 5.75 Å². The molecule has 2 aromatic rings. The lowest BCUT2D eigenvalue weighted by Crippen LogP contribution is -2.35. The number of fused-ring (bicyclic) bond motifs is 1. The molecule has 0 aliphatic carbocycles. The van der Waals surface area contributed by atoms with Gasteiger partial charge in [0.05, 0.1) is 10.6 Å². The number of halogens is 1. The molecule has 1 aliphatic heterocycles. The molecule has 0 fully saturated rings. The summed E-state index contributed by atoms with van der Waals surface area (Å²) in [5.74, 6) is 0.0976. The predicted molar refractivity (Wildman–Crippen MR) is 86.5 cm³/mol. The number of ether oxygens (including phenoxy) is 1. The molecule has 23 heavy (non-hydrogen) atoms. The normalized spacial score (nSPS) is 14.9. The molecular formula is C16H15FN2O3S. The predicted octanol–water partition coefficient (Wildman–Crippen LogP) is 2.62. The molecule has 2 aromatic carbocycles. The van der Waals surface area contributed by atoms with E-state index < -0.39 is 11.0 Å². The highest BCUT2D eigenvalue weighted by Gasteiger charge is 2.23. The smallest absolute Gasteiger partial charge is 0.264 e. The van der Waals surface area contributed by atoms with Crippen molar-refractivity contribution in [1.29, 1.82) is 0 Å². The first-order chi connectivity index (χ1) is 11.0. The molecule has 1 amide bonds. The highest BCUT2D eigenvalue weighted by Crippen LogP contribution is 2.33. The van der Waals surface area contributed by atoms with E-state index in [1.54, 1.807) is 38.2 Å². The Morgan fingerprint density at radius 3 is 2.78 bits per heavy atom. The second-order valence-corrected chi connectivity index (χ2v) is 6.42. The van der Waals surface area contributed by atoms with Crippen LogP contribution in [0.4, 0.5) is 15.8 Å². The summed E-state index contributed by atoms with van der Waals surface area (Å²) in [5, 5.41) is 0. The van der Waals surface area contributed by atoms with E-state index >= 15 is 0 Å². The van der Waals surface area contributed by atoms with E-state index in [1.165, 1.54) is 17.0 Å². The zero-order valence-corrected chi connectivity index (χ0v) is 13.4. The van der Waals surface area contributed by atoms with E-state index in [2.05, 4.69) is 4.72 Å². The van der Waals surface area contributed by atoms with Gasteiger partial charge in [-0.15, -0.1) is 0 Å². The van der Waals surface area contributed by atoms with Crippen molar-refractivity contribution in [3.05, 3.63) is 47.8 Å². The minimum absolute atomic E-state index is 0.000950. The fourth-order valence-electron chi connectivity index (χ4n) is 2.24. The topological polar surface area (TPSA) is 58.6 Å². The zero-order chi connectivity index (χ0) is 16.6. The number of carbonyl (C=O) groups is 1. The van der Waals surface area contributed by atoms with Gasteiger partial charge in [0, 0.05) is 12.7 Å². The fraction of sp³-hybridized carbons (Fsp3) is 0.188. The van der Waals surface area contributed by atoms with E-state index in [-0.39, 0.29) is 18.3 Å². The number of rotatable bonds is 3. The minimum atomic E-state index is -1.54. The molecule has 1 N–H and O–H groups in total. The fourth-order valence-corrected chi connectivity index (χ4v) is 3.11. The van der Waals surface area contributed by atoms with Gasteiger partial charge in [-0.25, -0.2) is 8.60 Å². The average molecular weight is 334 g/mol. The number of nitrogens with zero attached hydrogens (tertiary/aromatic N) is 1. The number of likely N-dealkylation sites (N-methyl/N-ethyl adjacent to an activating group) is 1. The SMILES string of the molecule is Cc1cc(NS(=O)c2ccc3c(c2)N(C)C(=O)CO3)ccc1F. The first-order valence-electron chi connectivity index (χ1n) is 6.93. The Morgan fingerprint density at radius 1 is 1.26 bits per heavy atom. The summed E-state index contributed by atoms with van der Waals surface area (Å²) in [6.45, 7) is 1.64. The van der Waals surface area contributed by atoms with Crippen molar-refractivity contribution in [3.63, 3.8) is 0 Å². The Labute approximate surface area is 135 Å². The van der Waals surface area contributed by atoms with Gasteiger partial charge < -0.3 is 14.4 Å². The third kappa shape index (κ3) is 3.05. The molecule has 5 nitrogen and oxygen atoms in total. The standard InChI is InChI=1S/C16H15FN2O3S/c1-10-7-11(3-5-13(10)17)18-23(21)12-4-6-15-14(8-12)19(2)16(20)9-22-15/h3-8,18H,9H2,1-2H3. The molecule has 0 aromatic heterocycles. The summed E-state index contributed by atoms with van der Waals surface area (Å²) in [6, 6.07) is 9.43. The lowest BCUT2D eigenvalue weighted by Gasteiger charge is -2.26. The van der Waals surface area contributed by atoms with Crippen molar-refractivity contribution in [2.75, 3.05) is 23.3 Å². The van der Waals surface area contributed by atoms with Gasteiger partial charge in [0.15, 0.2) is 6.61 Å². The minimum Gasteiger partial charge on any atom is -0.482 e. The maximum absolute atomic E-state index is 13.3. The van der Waals surface area contributed by atoms with Gasteiger partial charge in [-0.3, -0.25) is 4.79 Å². The van der Waals surface area contributed by atoms with Crippen LogP contribution < -0.4 is 14.4 Å². The highest BCUT2D eigenvalue weighted by molar-refractivity contribution is 7.86. The van der Waals surface area contributed by atoms with Crippen LogP contribution >= 0.6 is 0 Å². The van der Waals surface area contributed by atoms with Gasteiger partial charge in [-0.05, 0) is 48.9 Å². The Kier molecular flexibility index (Phi) is 4.04. The number of aryl methyl sites for hydroxylation is 1. The lowest BCUT2D eigenvalue weighted by molar-refractivity contribution is -0.120. The quantitative estimate of drug-likeness (QED) is 0.939. The molecule has 7 heteroatoms. The molecule has 1 atom stereocenters. The van der Waals surface area contributed by atoms with E-state index in [1.807, 2.05) is 0 Å². The molecule has 1 unspecified atom stereocenters. The average Bonchev–Trinajstić information content (AvgIpc) is 2.54. The van der Waals surface area contributed by atoms with E-state index in [9.17, 15) is 13.4 Å². The van der Waals surface area contributed by atoms with Crippen LogP contribution in [-0.2, 0) is 15.8 Å². The van der Waals surface area contributed by atoms with Crippen LogP contribution in [-0.4, -0.2) is 23.8 Å². The third-order valence-corrected chi connectivity index (χ3v) is 4.70. The van der Waals surface area contributed by atoms with Crippen LogP contribution in [0.25, 0.3) is 0 Å². The molecule has 1 heterocycles. The number of amides is 1. The van der Waals surface area contributed by atoms with Gasteiger partial charge in [-0.2, -0.15) is 0 Å². The van der Waals surface area contributed by atoms with Gasteiger partial charge >= 0.3 is 0 Å².